The molecule has 20 heavy (non-hydrogen) atoms. The second-order valence-corrected chi connectivity index (χ2v) is 5.36. The molecule has 0 heterocycles. The molecule has 0 atom stereocenters. The van der Waals surface area contributed by atoms with Gasteiger partial charge >= 0.3 is 0 Å². The van der Waals surface area contributed by atoms with Crippen LogP contribution in [-0.4, -0.2) is 25.0 Å². The second-order valence-electron chi connectivity index (χ2n) is 5.36. The third-order valence-corrected chi connectivity index (χ3v) is 3.98. The Hall–Kier alpha value is -1.49. The standard InChI is InChI=1S/C15H20F2N2O/c1-9-3-8-12(16)13(14(9)17)15(20)19-11-6-4-10(18-2)5-7-11/h3,8,10-11,18H,4-7H2,1-2H3,(H,19,20). The number of rotatable bonds is 3. The highest BCUT2D eigenvalue weighted by Crippen LogP contribution is 2.20. The van der Waals surface area contributed by atoms with Crippen molar-refractivity contribution in [2.45, 2.75) is 44.7 Å². The summed E-state index contributed by atoms with van der Waals surface area (Å²) in [4.78, 5) is 12.1. The molecule has 1 aromatic carbocycles. The molecule has 0 aromatic heterocycles. The van der Waals surface area contributed by atoms with Crippen molar-refractivity contribution in [2.75, 3.05) is 7.05 Å². The van der Waals surface area contributed by atoms with E-state index in [-0.39, 0.29) is 11.6 Å². The Morgan fingerprint density at radius 2 is 1.75 bits per heavy atom. The van der Waals surface area contributed by atoms with Crippen molar-refractivity contribution < 1.29 is 13.6 Å². The van der Waals surface area contributed by atoms with Gasteiger partial charge in [0.05, 0.1) is 0 Å². The number of halogens is 2. The minimum atomic E-state index is -0.811. The monoisotopic (exact) mass is 282 g/mol. The Labute approximate surface area is 117 Å². The van der Waals surface area contributed by atoms with Gasteiger partial charge in [-0.1, -0.05) is 6.07 Å². The molecule has 110 valence electrons. The van der Waals surface area contributed by atoms with Crippen molar-refractivity contribution in [3.05, 3.63) is 34.9 Å². The number of benzene rings is 1. The van der Waals surface area contributed by atoms with E-state index in [1.54, 1.807) is 0 Å². The van der Waals surface area contributed by atoms with Gasteiger partial charge in [0.15, 0.2) is 0 Å². The number of hydrogen-bond donors (Lipinski definition) is 2. The first kappa shape index (κ1) is 14.9. The highest BCUT2D eigenvalue weighted by atomic mass is 19.1. The van der Waals surface area contributed by atoms with E-state index < -0.39 is 23.1 Å². The number of carbonyl (C=O) groups excluding carboxylic acids is 1. The van der Waals surface area contributed by atoms with Crippen molar-refractivity contribution in [1.29, 1.82) is 0 Å². The molecule has 0 aliphatic heterocycles. The van der Waals surface area contributed by atoms with E-state index in [0.29, 0.717) is 6.04 Å². The fourth-order valence-corrected chi connectivity index (χ4v) is 2.65. The maximum atomic E-state index is 13.9. The molecule has 2 N–H and O–H groups in total. The van der Waals surface area contributed by atoms with Gasteiger partial charge in [-0.2, -0.15) is 0 Å². The van der Waals surface area contributed by atoms with Crippen LogP contribution in [0.3, 0.4) is 0 Å². The molecule has 3 nitrogen and oxygen atoms in total. The molecule has 0 spiro atoms. The zero-order valence-electron chi connectivity index (χ0n) is 11.8. The maximum Gasteiger partial charge on any atom is 0.257 e. The molecule has 1 fully saturated rings. The minimum absolute atomic E-state index is 0.00795. The van der Waals surface area contributed by atoms with E-state index in [1.165, 1.54) is 13.0 Å². The van der Waals surface area contributed by atoms with Gasteiger partial charge in [-0.3, -0.25) is 4.79 Å². The summed E-state index contributed by atoms with van der Waals surface area (Å²) >= 11 is 0. The molecule has 1 saturated carbocycles. The van der Waals surface area contributed by atoms with E-state index in [9.17, 15) is 13.6 Å². The number of hydrogen-bond acceptors (Lipinski definition) is 2. The summed E-state index contributed by atoms with van der Waals surface area (Å²) in [6, 6.07) is 2.92. The van der Waals surface area contributed by atoms with Gasteiger partial charge in [0.1, 0.15) is 17.2 Å². The van der Waals surface area contributed by atoms with Gasteiger partial charge < -0.3 is 10.6 Å². The van der Waals surface area contributed by atoms with Crippen molar-refractivity contribution in [1.82, 2.24) is 10.6 Å². The van der Waals surface area contributed by atoms with E-state index >= 15 is 0 Å². The molecule has 1 aromatic rings. The fraction of sp³-hybridized carbons (Fsp3) is 0.533. The molecular weight excluding hydrogens is 262 g/mol. The summed E-state index contributed by atoms with van der Waals surface area (Å²) in [5.41, 5.74) is -0.198. The Balaban J connectivity index is 2.04. The summed E-state index contributed by atoms with van der Waals surface area (Å²) < 4.78 is 27.5. The molecule has 0 unspecified atom stereocenters. The zero-order chi connectivity index (χ0) is 14.7. The molecule has 1 aliphatic rings. The number of carbonyl (C=O) groups is 1. The Morgan fingerprint density at radius 3 is 2.35 bits per heavy atom. The highest BCUT2D eigenvalue weighted by molar-refractivity contribution is 5.95. The van der Waals surface area contributed by atoms with Crippen LogP contribution in [0.2, 0.25) is 0 Å². The van der Waals surface area contributed by atoms with E-state index in [1.807, 2.05) is 7.05 Å². The molecule has 0 bridgehead atoms. The van der Waals surface area contributed by atoms with Crippen LogP contribution in [0.1, 0.15) is 41.6 Å². The van der Waals surface area contributed by atoms with E-state index in [4.69, 9.17) is 0 Å². The van der Waals surface area contributed by atoms with Gasteiger partial charge in [-0.05, 0) is 51.3 Å². The average Bonchev–Trinajstić information content (AvgIpc) is 2.44. The van der Waals surface area contributed by atoms with Crippen LogP contribution < -0.4 is 10.6 Å². The lowest BCUT2D eigenvalue weighted by Gasteiger charge is -2.28. The van der Waals surface area contributed by atoms with Crippen LogP contribution in [0.5, 0.6) is 0 Å². The third-order valence-electron chi connectivity index (χ3n) is 3.98. The van der Waals surface area contributed by atoms with E-state index in [0.717, 1.165) is 31.7 Å². The summed E-state index contributed by atoms with van der Waals surface area (Å²) in [6.45, 7) is 1.52. The van der Waals surface area contributed by atoms with Crippen LogP contribution in [-0.2, 0) is 0 Å². The molecule has 1 aliphatic carbocycles. The van der Waals surface area contributed by atoms with Crippen molar-refractivity contribution in [3.63, 3.8) is 0 Å². The Kier molecular flexibility index (Phi) is 4.70. The number of amides is 1. The largest absolute Gasteiger partial charge is 0.349 e. The minimum Gasteiger partial charge on any atom is -0.349 e. The lowest BCUT2D eigenvalue weighted by Crippen LogP contribution is -2.41. The summed E-state index contributed by atoms with van der Waals surface area (Å²) in [5.74, 6) is -2.24. The molecule has 5 heteroatoms. The van der Waals surface area contributed by atoms with Gasteiger partial charge in [0, 0.05) is 12.1 Å². The predicted molar refractivity (Wildman–Crippen MR) is 73.7 cm³/mol. The quantitative estimate of drug-likeness (QED) is 0.894. The first-order valence-electron chi connectivity index (χ1n) is 6.95. The van der Waals surface area contributed by atoms with Crippen molar-refractivity contribution >= 4 is 5.91 Å². The Bertz CT molecular complexity index is 497. The normalized spacial score (nSPS) is 22.6. The fourth-order valence-electron chi connectivity index (χ4n) is 2.65. The predicted octanol–water partition coefficient (Wildman–Crippen LogP) is 2.53. The number of aryl methyl sites for hydroxylation is 1. The second kappa shape index (κ2) is 6.31. The molecule has 1 amide bonds. The highest BCUT2D eigenvalue weighted by Gasteiger charge is 2.25. The molecule has 0 radical (unpaired) electrons. The molecular formula is C15H20F2N2O. The van der Waals surface area contributed by atoms with Crippen LogP contribution in [0.25, 0.3) is 0 Å². The van der Waals surface area contributed by atoms with Crippen molar-refractivity contribution in [2.24, 2.45) is 0 Å². The average molecular weight is 282 g/mol. The van der Waals surface area contributed by atoms with Crippen LogP contribution in [0, 0.1) is 18.6 Å². The topological polar surface area (TPSA) is 41.1 Å². The third kappa shape index (κ3) is 3.15. The van der Waals surface area contributed by atoms with E-state index in [2.05, 4.69) is 10.6 Å². The van der Waals surface area contributed by atoms with Gasteiger partial charge in [-0.25, -0.2) is 8.78 Å². The molecule has 2 rings (SSSR count). The SMILES string of the molecule is CNC1CCC(NC(=O)c2c(F)ccc(C)c2F)CC1. The maximum absolute atomic E-state index is 13.9. The molecule has 0 saturated heterocycles. The first-order valence-corrected chi connectivity index (χ1v) is 6.95. The van der Waals surface area contributed by atoms with Crippen molar-refractivity contribution in [3.8, 4) is 0 Å². The lowest BCUT2D eigenvalue weighted by molar-refractivity contribution is 0.0916. The van der Waals surface area contributed by atoms with Gasteiger partial charge in [0.25, 0.3) is 5.91 Å². The zero-order valence-corrected chi connectivity index (χ0v) is 11.8. The Morgan fingerprint density at radius 1 is 1.15 bits per heavy atom. The van der Waals surface area contributed by atoms with Crippen LogP contribution in [0.4, 0.5) is 8.78 Å². The smallest absolute Gasteiger partial charge is 0.257 e. The van der Waals surface area contributed by atoms with Crippen LogP contribution >= 0.6 is 0 Å². The van der Waals surface area contributed by atoms with Gasteiger partial charge in [-0.15, -0.1) is 0 Å². The van der Waals surface area contributed by atoms with Gasteiger partial charge in [0.2, 0.25) is 0 Å². The lowest BCUT2D eigenvalue weighted by atomic mass is 9.91. The summed E-state index contributed by atoms with van der Waals surface area (Å²) in [6.07, 6.45) is 3.57. The summed E-state index contributed by atoms with van der Waals surface area (Å²) in [5, 5.41) is 5.94. The number of nitrogens with one attached hydrogen (secondary N) is 2. The summed E-state index contributed by atoms with van der Waals surface area (Å²) in [7, 11) is 1.92. The first-order chi connectivity index (χ1) is 9.52. The van der Waals surface area contributed by atoms with Crippen LogP contribution in [0.15, 0.2) is 12.1 Å².